The van der Waals surface area contributed by atoms with Crippen molar-refractivity contribution in [3.63, 3.8) is 0 Å². The van der Waals surface area contributed by atoms with Gasteiger partial charge in [0.05, 0.1) is 22.1 Å². The zero-order valence-corrected chi connectivity index (χ0v) is 22.1. The summed E-state index contributed by atoms with van der Waals surface area (Å²) in [6.07, 6.45) is -1.38. The van der Waals surface area contributed by atoms with Crippen LogP contribution in [0.15, 0.2) is 70.3 Å². The molecular weight excluding hydrogens is 484 g/mol. The van der Waals surface area contributed by atoms with E-state index in [0.29, 0.717) is 21.8 Å². The topological polar surface area (TPSA) is 96.6 Å². The number of carbonyl (C=O) groups excluding carboxylic acids is 2. The number of hydrogen-bond acceptors (Lipinski definition) is 6. The first-order valence-electron chi connectivity index (χ1n) is 12.3. The molecule has 0 saturated heterocycles. The van der Waals surface area contributed by atoms with Crippen LogP contribution in [0.2, 0.25) is 0 Å². The Labute approximate surface area is 218 Å². The molecule has 194 valence electrons. The molecule has 8 nitrogen and oxygen atoms in total. The summed E-state index contributed by atoms with van der Waals surface area (Å²) in [4.78, 5) is 54.3. The number of pyridine rings is 2. The molecule has 0 aliphatic heterocycles. The van der Waals surface area contributed by atoms with E-state index in [1.807, 2.05) is 0 Å². The average Bonchev–Trinajstić information content (AvgIpc) is 2.82. The molecule has 0 fully saturated rings. The summed E-state index contributed by atoms with van der Waals surface area (Å²) in [6.45, 7) is 10.5. The van der Waals surface area contributed by atoms with E-state index in [2.05, 4.69) is 0 Å². The summed E-state index contributed by atoms with van der Waals surface area (Å²) in [6, 6.07) is 16.4. The van der Waals surface area contributed by atoms with Gasteiger partial charge in [0, 0.05) is 21.5 Å². The van der Waals surface area contributed by atoms with Gasteiger partial charge in [0.2, 0.25) is 0 Å². The van der Waals surface area contributed by atoms with E-state index < -0.39 is 23.4 Å². The van der Waals surface area contributed by atoms with Gasteiger partial charge in [-0.15, -0.1) is 0 Å². The third-order valence-corrected chi connectivity index (χ3v) is 6.02. The van der Waals surface area contributed by atoms with Crippen LogP contribution in [0.1, 0.15) is 41.5 Å². The normalized spacial score (nSPS) is 12.4. The third kappa shape index (κ3) is 4.22. The second kappa shape index (κ2) is 8.55. The molecule has 0 saturated carbocycles. The van der Waals surface area contributed by atoms with E-state index in [-0.39, 0.29) is 32.7 Å². The van der Waals surface area contributed by atoms with E-state index in [1.54, 1.807) is 90.1 Å². The molecule has 5 rings (SSSR count). The Morgan fingerprint density at radius 1 is 0.553 bits per heavy atom. The number of hydrogen-bond donors (Lipinski definition) is 0. The predicted octanol–water partition coefficient (Wildman–Crippen LogP) is 6.19. The Bertz CT molecular complexity index is 1780. The zero-order chi connectivity index (χ0) is 27.6. The summed E-state index contributed by atoms with van der Waals surface area (Å²) < 4.78 is 14.0. The maximum absolute atomic E-state index is 13.7. The molecule has 38 heavy (non-hydrogen) atoms. The van der Waals surface area contributed by atoms with E-state index in [4.69, 9.17) is 9.47 Å². The van der Waals surface area contributed by atoms with Crippen molar-refractivity contribution < 1.29 is 19.1 Å². The van der Waals surface area contributed by atoms with Gasteiger partial charge >= 0.3 is 12.2 Å². The van der Waals surface area contributed by atoms with Crippen molar-refractivity contribution in [1.29, 1.82) is 0 Å². The van der Waals surface area contributed by atoms with Gasteiger partial charge < -0.3 is 9.47 Å². The van der Waals surface area contributed by atoms with Crippen molar-refractivity contribution in [2.24, 2.45) is 0 Å². The molecular formula is C30H28N2O6. The van der Waals surface area contributed by atoms with Gasteiger partial charge in [0.25, 0.3) is 0 Å². The molecule has 0 aliphatic rings. The van der Waals surface area contributed by atoms with E-state index in [0.717, 1.165) is 0 Å². The van der Waals surface area contributed by atoms with Crippen molar-refractivity contribution in [2.45, 2.75) is 52.7 Å². The van der Waals surface area contributed by atoms with Gasteiger partial charge in [0.15, 0.2) is 10.9 Å². The molecule has 5 aromatic rings. The van der Waals surface area contributed by atoms with Gasteiger partial charge in [0.1, 0.15) is 11.2 Å². The highest BCUT2D eigenvalue weighted by Gasteiger charge is 2.26. The SMILES string of the molecule is CC(C)(C)OC(=O)n1c2ccccc2c(=O)c2cc3c(cc21)c(=O)c1ccccc1n3C(=O)OC(C)(C)C. The first-order chi connectivity index (χ1) is 17.8. The highest BCUT2D eigenvalue weighted by Crippen LogP contribution is 2.28. The molecule has 0 radical (unpaired) electrons. The van der Waals surface area contributed by atoms with Gasteiger partial charge in [-0.3, -0.25) is 9.59 Å². The number of fused-ring (bicyclic) bond motifs is 4. The van der Waals surface area contributed by atoms with Crippen LogP contribution >= 0.6 is 0 Å². The Kier molecular flexibility index (Phi) is 5.67. The molecule has 0 atom stereocenters. The lowest BCUT2D eigenvalue weighted by molar-refractivity contribution is 0.0538. The highest BCUT2D eigenvalue weighted by atomic mass is 16.6. The van der Waals surface area contributed by atoms with Crippen LogP contribution in [0, 0.1) is 0 Å². The van der Waals surface area contributed by atoms with Crippen molar-refractivity contribution in [1.82, 2.24) is 9.13 Å². The summed E-state index contributed by atoms with van der Waals surface area (Å²) in [5.41, 5.74) is -1.16. The number of ether oxygens (including phenoxy) is 2. The quantitative estimate of drug-likeness (QED) is 0.230. The smallest absolute Gasteiger partial charge is 0.419 e. The average molecular weight is 513 g/mol. The van der Waals surface area contributed by atoms with Crippen molar-refractivity contribution in [2.75, 3.05) is 0 Å². The summed E-state index contributed by atoms with van der Waals surface area (Å²) in [5, 5.41) is 0.928. The Hall–Kier alpha value is -4.46. The van der Waals surface area contributed by atoms with Crippen LogP contribution in [0.25, 0.3) is 43.6 Å². The molecule has 0 spiro atoms. The second-order valence-electron chi connectivity index (χ2n) is 11.2. The fourth-order valence-corrected chi connectivity index (χ4v) is 4.59. The Morgan fingerprint density at radius 3 is 1.24 bits per heavy atom. The van der Waals surface area contributed by atoms with Crippen molar-refractivity contribution in [3.8, 4) is 0 Å². The largest absolute Gasteiger partial charge is 0.443 e. The highest BCUT2D eigenvalue weighted by molar-refractivity contribution is 6.09. The predicted molar refractivity (Wildman–Crippen MR) is 148 cm³/mol. The van der Waals surface area contributed by atoms with Crippen LogP contribution in [0.3, 0.4) is 0 Å². The standard InChI is InChI=1S/C30H28N2O6/c1-29(2,3)37-27(35)31-21-13-9-7-11-17(21)25(33)19-16-24-20(15-23(19)31)26(34)18-12-8-10-14-22(18)32(24)28(36)38-30(4,5)6/h7-16H,1-6H3. The lowest BCUT2D eigenvalue weighted by Gasteiger charge is -2.23. The lowest BCUT2D eigenvalue weighted by atomic mass is 10.0. The Morgan fingerprint density at radius 2 is 0.895 bits per heavy atom. The lowest BCUT2D eigenvalue weighted by Crippen LogP contribution is -2.29. The first-order valence-corrected chi connectivity index (χ1v) is 12.3. The summed E-state index contributed by atoms with van der Waals surface area (Å²) >= 11 is 0. The van der Waals surface area contributed by atoms with Crippen LogP contribution in [0.4, 0.5) is 9.59 Å². The molecule has 3 aromatic carbocycles. The molecule has 0 bridgehead atoms. The summed E-state index contributed by atoms with van der Waals surface area (Å²) in [7, 11) is 0. The number of aromatic nitrogens is 2. The van der Waals surface area contributed by atoms with Crippen molar-refractivity contribution >= 4 is 55.8 Å². The maximum atomic E-state index is 13.7. The molecule has 0 amide bonds. The minimum absolute atomic E-state index is 0.161. The van der Waals surface area contributed by atoms with Crippen LogP contribution in [0.5, 0.6) is 0 Å². The van der Waals surface area contributed by atoms with Gasteiger partial charge in [-0.05, 0) is 77.9 Å². The molecule has 8 heteroatoms. The number of rotatable bonds is 0. The van der Waals surface area contributed by atoms with Crippen LogP contribution < -0.4 is 10.9 Å². The molecule has 2 aromatic heterocycles. The molecule has 0 unspecified atom stereocenters. The number of para-hydroxylation sites is 2. The van der Waals surface area contributed by atoms with Crippen molar-refractivity contribution in [3.05, 3.63) is 81.1 Å². The van der Waals surface area contributed by atoms with E-state index in [1.165, 1.54) is 21.3 Å². The molecule has 0 N–H and O–H groups in total. The van der Waals surface area contributed by atoms with Gasteiger partial charge in [-0.25, -0.2) is 18.7 Å². The fourth-order valence-electron chi connectivity index (χ4n) is 4.59. The second-order valence-corrected chi connectivity index (χ2v) is 11.2. The monoisotopic (exact) mass is 512 g/mol. The molecule has 0 aliphatic carbocycles. The molecule has 2 heterocycles. The third-order valence-electron chi connectivity index (χ3n) is 6.02. The minimum atomic E-state index is -0.801. The number of benzene rings is 3. The fraction of sp³-hybridized carbons (Fsp3) is 0.267. The Balaban J connectivity index is 2.00. The maximum Gasteiger partial charge on any atom is 0.419 e. The van der Waals surface area contributed by atoms with Gasteiger partial charge in [-0.1, -0.05) is 24.3 Å². The van der Waals surface area contributed by atoms with Gasteiger partial charge in [-0.2, -0.15) is 0 Å². The summed E-state index contributed by atoms with van der Waals surface area (Å²) in [5.74, 6) is 0. The number of carbonyl (C=O) groups is 2. The minimum Gasteiger partial charge on any atom is -0.443 e. The number of nitrogens with zero attached hydrogens (tertiary/aromatic N) is 2. The zero-order valence-electron chi connectivity index (χ0n) is 22.1. The van der Waals surface area contributed by atoms with Crippen LogP contribution in [-0.4, -0.2) is 32.5 Å². The van der Waals surface area contributed by atoms with Crippen LogP contribution in [-0.2, 0) is 9.47 Å². The van der Waals surface area contributed by atoms with E-state index in [9.17, 15) is 19.2 Å². The first kappa shape index (κ1) is 25.2. The van der Waals surface area contributed by atoms with E-state index >= 15 is 0 Å².